The molecule has 0 spiro atoms. The minimum atomic E-state index is -0.494. The molecule has 8 heteroatoms. The van der Waals surface area contributed by atoms with E-state index in [4.69, 9.17) is 4.42 Å². The number of para-hydroxylation sites is 2. The van der Waals surface area contributed by atoms with Gasteiger partial charge in [0.25, 0.3) is 5.89 Å². The van der Waals surface area contributed by atoms with E-state index in [-0.39, 0.29) is 41.2 Å². The summed E-state index contributed by atoms with van der Waals surface area (Å²) in [5.41, 5.74) is 2.06. The largest absolute Gasteiger partial charge is 0.434 e. The molecule has 1 fully saturated rings. The summed E-state index contributed by atoms with van der Waals surface area (Å²) < 4.78 is 5.73. The van der Waals surface area contributed by atoms with Crippen molar-refractivity contribution in [2.24, 2.45) is 17.8 Å². The second-order valence-corrected chi connectivity index (χ2v) is 9.93. The fourth-order valence-corrected chi connectivity index (χ4v) is 4.69. The number of rotatable bonds is 11. The third-order valence-electron chi connectivity index (χ3n) is 7.33. The lowest BCUT2D eigenvalue weighted by Crippen LogP contribution is -2.42. The Morgan fingerprint density at radius 2 is 1.70 bits per heavy atom. The quantitative estimate of drug-likeness (QED) is 0.343. The number of oxazole rings is 1. The molecule has 196 valence electrons. The van der Waals surface area contributed by atoms with Crippen molar-refractivity contribution < 1.29 is 18.8 Å². The molecule has 3 N–H and O–H groups in total. The van der Waals surface area contributed by atoms with E-state index in [0.717, 1.165) is 31.5 Å². The fraction of sp³-hybridized carbons (Fsp3) is 0.448. The van der Waals surface area contributed by atoms with Crippen LogP contribution >= 0.6 is 0 Å². The number of carbonyl (C=O) groups is 3. The number of piperidine rings is 1. The number of ketones is 1. The Kier molecular flexibility index (Phi) is 9.06. The SMILES string of the molecule is CC(CNC(=O)C1CCNCC1)C(C)C(=O)NCCC(C(=O)c1nc2ccccc2o1)c1ccccc1. The van der Waals surface area contributed by atoms with E-state index in [1.54, 1.807) is 6.07 Å². The van der Waals surface area contributed by atoms with Crippen LogP contribution in [0.1, 0.15) is 55.3 Å². The van der Waals surface area contributed by atoms with Crippen LogP contribution in [0, 0.1) is 17.8 Å². The second-order valence-electron chi connectivity index (χ2n) is 9.93. The number of nitrogens with zero attached hydrogens (tertiary/aromatic N) is 1. The first-order chi connectivity index (χ1) is 17.9. The maximum absolute atomic E-state index is 13.4. The summed E-state index contributed by atoms with van der Waals surface area (Å²) >= 11 is 0. The molecule has 3 unspecified atom stereocenters. The van der Waals surface area contributed by atoms with Crippen LogP contribution in [0.3, 0.4) is 0 Å². The molecule has 37 heavy (non-hydrogen) atoms. The highest BCUT2D eigenvalue weighted by molar-refractivity contribution is 5.99. The Labute approximate surface area is 217 Å². The van der Waals surface area contributed by atoms with Crippen molar-refractivity contribution in [3.8, 4) is 0 Å². The number of nitrogens with one attached hydrogen (secondary N) is 3. The molecule has 0 bridgehead atoms. The third-order valence-corrected chi connectivity index (χ3v) is 7.33. The predicted molar refractivity (Wildman–Crippen MR) is 142 cm³/mol. The highest BCUT2D eigenvalue weighted by Gasteiger charge is 2.28. The van der Waals surface area contributed by atoms with Gasteiger partial charge in [0.05, 0.1) is 5.92 Å². The summed E-state index contributed by atoms with van der Waals surface area (Å²) in [4.78, 5) is 43.1. The van der Waals surface area contributed by atoms with Crippen LogP contribution in [0.4, 0.5) is 0 Å². The second kappa shape index (κ2) is 12.6. The van der Waals surface area contributed by atoms with Crippen molar-refractivity contribution in [1.29, 1.82) is 0 Å². The lowest BCUT2D eigenvalue weighted by atomic mass is 9.90. The monoisotopic (exact) mass is 504 g/mol. The van der Waals surface area contributed by atoms with Crippen LogP contribution in [0.15, 0.2) is 59.0 Å². The van der Waals surface area contributed by atoms with Crippen molar-refractivity contribution in [2.45, 2.75) is 39.0 Å². The van der Waals surface area contributed by atoms with Gasteiger partial charge in [0, 0.05) is 24.9 Å². The van der Waals surface area contributed by atoms with Crippen molar-refractivity contribution in [3.05, 3.63) is 66.1 Å². The zero-order chi connectivity index (χ0) is 26.2. The van der Waals surface area contributed by atoms with E-state index in [1.165, 1.54) is 0 Å². The zero-order valence-electron chi connectivity index (χ0n) is 21.5. The van der Waals surface area contributed by atoms with Crippen molar-refractivity contribution in [1.82, 2.24) is 20.9 Å². The topological polar surface area (TPSA) is 113 Å². The van der Waals surface area contributed by atoms with Gasteiger partial charge in [0.15, 0.2) is 5.58 Å². The molecule has 3 aromatic rings. The number of carbonyl (C=O) groups excluding carboxylic acids is 3. The summed E-state index contributed by atoms with van der Waals surface area (Å²) in [6.45, 7) is 6.37. The minimum absolute atomic E-state index is 0.0167. The first-order valence-electron chi connectivity index (χ1n) is 13.1. The summed E-state index contributed by atoms with van der Waals surface area (Å²) in [5.74, 6) is -0.897. The van der Waals surface area contributed by atoms with Gasteiger partial charge in [-0.2, -0.15) is 0 Å². The Balaban J connectivity index is 1.32. The lowest BCUT2D eigenvalue weighted by Gasteiger charge is -2.24. The average Bonchev–Trinajstić information content (AvgIpc) is 3.38. The molecule has 4 rings (SSSR count). The van der Waals surface area contributed by atoms with Crippen LogP contribution < -0.4 is 16.0 Å². The zero-order valence-corrected chi connectivity index (χ0v) is 21.5. The first-order valence-corrected chi connectivity index (χ1v) is 13.1. The summed E-state index contributed by atoms with van der Waals surface area (Å²) in [5, 5.41) is 9.27. The Morgan fingerprint density at radius 3 is 2.43 bits per heavy atom. The lowest BCUT2D eigenvalue weighted by molar-refractivity contribution is -0.128. The molecule has 2 aromatic carbocycles. The molecule has 1 aliphatic heterocycles. The van der Waals surface area contributed by atoms with Gasteiger partial charge in [-0.15, -0.1) is 0 Å². The molecule has 0 saturated carbocycles. The van der Waals surface area contributed by atoms with E-state index >= 15 is 0 Å². The van der Waals surface area contributed by atoms with Crippen molar-refractivity contribution in [3.63, 3.8) is 0 Å². The van der Waals surface area contributed by atoms with Gasteiger partial charge in [-0.3, -0.25) is 14.4 Å². The van der Waals surface area contributed by atoms with Crippen molar-refractivity contribution >= 4 is 28.7 Å². The van der Waals surface area contributed by atoms with E-state index in [0.29, 0.717) is 30.6 Å². The maximum atomic E-state index is 13.4. The van der Waals surface area contributed by atoms with E-state index in [2.05, 4.69) is 20.9 Å². The van der Waals surface area contributed by atoms with Crippen LogP contribution in [0.5, 0.6) is 0 Å². The van der Waals surface area contributed by atoms with Gasteiger partial charge >= 0.3 is 0 Å². The van der Waals surface area contributed by atoms with Gasteiger partial charge in [-0.05, 0) is 56.0 Å². The van der Waals surface area contributed by atoms with E-state index in [1.807, 2.05) is 62.4 Å². The number of hydrogen-bond donors (Lipinski definition) is 3. The van der Waals surface area contributed by atoms with E-state index in [9.17, 15) is 14.4 Å². The van der Waals surface area contributed by atoms with Crippen molar-refractivity contribution in [2.75, 3.05) is 26.2 Å². The normalized spacial score (nSPS) is 16.6. The van der Waals surface area contributed by atoms with Gasteiger partial charge in [-0.25, -0.2) is 4.98 Å². The molecule has 2 amide bonds. The van der Waals surface area contributed by atoms with Gasteiger partial charge in [-0.1, -0.05) is 56.3 Å². The molecular formula is C29H36N4O4. The molecule has 1 aliphatic rings. The van der Waals surface area contributed by atoms with Gasteiger partial charge in [0.1, 0.15) is 5.52 Å². The standard InChI is InChI=1S/C29H36N4O4/c1-19(18-32-28(36)22-12-15-30-16-13-22)20(2)27(35)31-17-14-23(21-8-4-3-5-9-21)26(34)29-33-24-10-6-7-11-25(24)37-29/h3-11,19-20,22-23,30H,12-18H2,1-2H3,(H,31,35)(H,32,36). The number of hydrogen-bond acceptors (Lipinski definition) is 6. The summed E-state index contributed by atoms with van der Waals surface area (Å²) in [6.07, 6.45) is 2.11. The van der Waals surface area contributed by atoms with Crippen LogP contribution in [-0.4, -0.2) is 48.8 Å². The summed E-state index contributed by atoms with van der Waals surface area (Å²) in [7, 11) is 0. The number of amides is 2. The van der Waals surface area contributed by atoms with Crippen LogP contribution in [0.2, 0.25) is 0 Å². The first kappa shape index (κ1) is 26.5. The smallest absolute Gasteiger partial charge is 0.264 e. The van der Waals surface area contributed by atoms with Crippen LogP contribution in [0.25, 0.3) is 11.1 Å². The third kappa shape index (κ3) is 6.83. The molecule has 1 aromatic heterocycles. The molecule has 3 atom stereocenters. The molecule has 0 aliphatic carbocycles. The Hall–Kier alpha value is -3.52. The molecule has 2 heterocycles. The minimum Gasteiger partial charge on any atom is -0.434 e. The molecule has 0 radical (unpaired) electrons. The predicted octanol–water partition coefficient (Wildman–Crippen LogP) is 3.69. The Bertz CT molecular complexity index is 1170. The van der Waals surface area contributed by atoms with Crippen LogP contribution in [-0.2, 0) is 9.59 Å². The molecule has 1 saturated heterocycles. The molecular weight excluding hydrogens is 468 g/mol. The Morgan fingerprint density at radius 1 is 1.00 bits per heavy atom. The number of benzene rings is 2. The highest BCUT2D eigenvalue weighted by atomic mass is 16.4. The number of aromatic nitrogens is 1. The fourth-order valence-electron chi connectivity index (χ4n) is 4.69. The summed E-state index contributed by atoms with van der Waals surface area (Å²) in [6, 6.07) is 16.8. The van der Waals surface area contributed by atoms with Gasteiger partial charge in [0.2, 0.25) is 17.6 Å². The number of fused-ring (bicyclic) bond motifs is 1. The molecule has 8 nitrogen and oxygen atoms in total. The maximum Gasteiger partial charge on any atom is 0.264 e. The highest BCUT2D eigenvalue weighted by Crippen LogP contribution is 2.26. The van der Waals surface area contributed by atoms with Gasteiger partial charge < -0.3 is 20.4 Å². The number of Topliss-reactive ketones (excluding diaryl/α,β-unsaturated/α-hetero) is 1. The van der Waals surface area contributed by atoms with E-state index < -0.39 is 5.92 Å². The average molecular weight is 505 g/mol.